The molecule has 3 aromatic rings. The molecule has 1 heterocycles. The average Bonchev–Trinajstić information content (AvgIpc) is 2.56. The van der Waals surface area contributed by atoms with Crippen LogP contribution in [0.3, 0.4) is 0 Å². The summed E-state index contributed by atoms with van der Waals surface area (Å²) in [5.41, 5.74) is 7.78. The Bertz CT molecular complexity index is 817. The van der Waals surface area contributed by atoms with Crippen LogP contribution in [-0.2, 0) is 7.05 Å². The molecule has 1 heteroatoms. The van der Waals surface area contributed by atoms with Crippen molar-refractivity contribution in [3.63, 3.8) is 0 Å². The van der Waals surface area contributed by atoms with Crippen LogP contribution in [-0.4, -0.2) is 0 Å². The van der Waals surface area contributed by atoms with Crippen molar-refractivity contribution in [3.8, 4) is 22.4 Å². The Morgan fingerprint density at radius 1 is 0.826 bits per heavy atom. The third-order valence-corrected chi connectivity index (χ3v) is 4.43. The number of aromatic nitrogens is 1. The van der Waals surface area contributed by atoms with Gasteiger partial charge in [0.25, 0.3) is 0 Å². The Labute approximate surface area is 139 Å². The summed E-state index contributed by atoms with van der Waals surface area (Å²) in [5, 5.41) is 0. The van der Waals surface area contributed by atoms with Gasteiger partial charge in [-0.3, -0.25) is 0 Å². The molecule has 3 rings (SSSR count). The first-order valence-electron chi connectivity index (χ1n) is 8.22. The average molecular weight is 302 g/mol. The van der Waals surface area contributed by atoms with Crippen molar-refractivity contribution >= 4 is 0 Å². The fourth-order valence-corrected chi connectivity index (χ4v) is 3.02. The molecular weight excluding hydrogens is 278 g/mol. The summed E-state index contributed by atoms with van der Waals surface area (Å²) in [5.74, 6) is 0.567. The maximum absolute atomic E-state index is 2.31. The lowest BCUT2D eigenvalue weighted by Gasteiger charge is -2.10. The molecule has 0 radical (unpaired) electrons. The van der Waals surface area contributed by atoms with E-state index in [1.54, 1.807) is 0 Å². The summed E-state index contributed by atoms with van der Waals surface area (Å²) in [6.45, 7) is 6.68. The van der Waals surface area contributed by atoms with Gasteiger partial charge < -0.3 is 0 Å². The number of hydrogen-bond donors (Lipinski definition) is 0. The highest BCUT2D eigenvalue weighted by Gasteiger charge is 2.14. The van der Waals surface area contributed by atoms with Gasteiger partial charge in [0, 0.05) is 17.2 Å². The Kier molecular flexibility index (Phi) is 4.29. The molecule has 0 bridgehead atoms. The third-order valence-electron chi connectivity index (χ3n) is 4.43. The van der Waals surface area contributed by atoms with E-state index < -0.39 is 0 Å². The van der Waals surface area contributed by atoms with Crippen LogP contribution in [0.4, 0.5) is 0 Å². The summed E-state index contributed by atoms with van der Waals surface area (Å²) in [6, 6.07) is 21.8. The van der Waals surface area contributed by atoms with Crippen molar-refractivity contribution in [3.05, 3.63) is 78.0 Å². The van der Waals surface area contributed by atoms with E-state index >= 15 is 0 Å². The minimum atomic E-state index is 0.567. The van der Waals surface area contributed by atoms with Crippen LogP contribution >= 0.6 is 0 Å². The lowest BCUT2D eigenvalue weighted by atomic mass is 9.96. The summed E-state index contributed by atoms with van der Waals surface area (Å²) >= 11 is 0. The second-order valence-corrected chi connectivity index (χ2v) is 6.51. The standard InChI is InChI=1S/C22H24N/c1-16(2)19-10-12-21(17(3)14-19)22-13-11-20(15-23(22)4)18-8-6-5-7-9-18/h5-16H,1-4H3/q+1. The van der Waals surface area contributed by atoms with E-state index in [1.165, 1.54) is 33.5 Å². The predicted octanol–water partition coefficient (Wildman–Crippen LogP) is 5.28. The Balaban J connectivity index is 2.02. The van der Waals surface area contributed by atoms with Gasteiger partial charge in [0.05, 0.1) is 0 Å². The molecule has 0 saturated carbocycles. The molecule has 0 saturated heterocycles. The Morgan fingerprint density at radius 3 is 2.17 bits per heavy atom. The minimum Gasteiger partial charge on any atom is -0.200 e. The molecule has 1 aromatic heterocycles. The molecule has 0 N–H and O–H groups in total. The van der Waals surface area contributed by atoms with Crippen LogP contribution < -0.4 is 4.57 Å². The molecule has 0 aliphatic carbocycles. The van der Waals surface area contributed by atoms with Crippen molar-refractivity contribution in [2.45, 2.75) is 26.7 Å². The Hall–Kier alpha value is -2.41. The van der Waals surface area contributed by atoms with Gasteiger partial charge in [-0.1, -0.05) is 56.3 Å². The van der Waals surface area contributed by atoms with Gasteiger partial charge in [0.2, 0.25) is 5.69 Å². The van der Waals surface area contributed by atoms with Gasteiger partial charge in [-0.25, -0.2) is 4.57 Å². The third kappa shape index (κ3) is 3.19. The highest BCUT2D eigenvalue weighted by Crippen LogP contribution is 2.26. The molecule has 0 fully saturated rings. The van der Waals surface area contributed by atoms with E-state index in [2.05, 4.69) is 99.2 Å². The first-order chi connectivity index (χ1) is 11.1. The van der Waals surface area contributed by atoms with Gasteiger partial charge in [-0.2, -0.15) is 0 Å². The number of pyridine rings is 1. The van der Waals surface area contributed by atoms with E-state index in [0.717, 1.165) is 0 Å². The minimum absolute atomic E-state index is 0.567. The molecule has 0 aliphatic rings. The van der Waals surface area contributed by atoms with Crippen LogP contribution in [0.25, 0.3) is 22.4 Å². The second-order valence-electron chi connectivity index (χ2n) is 6.51. The zero-order valence-electron chi connectivity index (χ0n) is 14.4. The van der Waals surface area contributed by atoms with Crippen LogP contribution in [0.1, 0.15) is 30.9 Å². The van der Waals surface area contributed by atoms with Gasteiger partial charge >= 0.3 is 0 Å². The van der Waals surface area contributed by atoms with E-state index in [1.807, 2.05) is 0 Å². The second kappa shape index (κ2) is 6.37. The maximum Gasteiger partial charge on any atom is 0.212 e. The predicted molar refractivity (Wildman–Crippen MR) is 97.3 cm³/mol. The summed E-state index contributed by atoms with van der Waals surface area (Å²) in [6.07, 6.45) is 2.21. The highest BCUT2D eigenvalue weighted by atomic mass is 14.9. The van der Waals surface area contributed by atoms with Crippen molar-refractivity contribution in [2.75, 3.05) is 0 Å². The van der Waals surface area contributed by atoms with Crippen molar-refractivity contribution in [1.29, 1.82) is 0 Å². The molecule has 2 aromatic carbocycles. The topological polar surface area (TPSA) is 3.88 Å². The lowest BCUT2D eigenvalue weighted by molar-refractivity contribution is -0.659. The van der Waals surface area contributed by atoms with Crippen molar-refractivity contribution < 1.29 is 4.57 Å². The van der Waals surface area contributed by atoms with Crippen molar-refractivity contribution in [2.24, 2.45) is 7.05 Å². The SMILES string of the molecule is Cc1cc(C(C)C)ccc1-c1ccc(-c2ccccc2)c[n+]1C. The molecule has 116 valence electrons. The zero-order valence-corrected chi connectivity index (χ0v) is 14.4. The summed E-state index contributed by atoms with van der Waals surface area (Å²) < 4.78 is 2.22. The number of nitrogens with zero attached hydrogens (tertiary/aromatic N) is 1. The number of hydrogen-bond acceptors (Lipinski definition) is 0. The largest absolute Gasteiger partial charge is 0.212 e. The molecule has 0 atom stereocenters. The molecule has 0 amide bonds. The van der Waals surface area contributed by atoms with E-state index in [4.69, 9.17) is 0 Å². The molecule has 0 spiro atoms. The molecule has 23 heavy (non-hydrogen) atoms. The zero-order chi connectivity index (χ0) is 16.4. The van der Waals surface area contributed by atoms with Crippen LogP contribution in [0, 0.1) is 6.92 Å². The smallest absolute Gasteiger partial charge is 0.200 e. The van der Waals surface area contributed by atoms with Crippen LogP contribution in [0.5, 0.6) is 0 Å². The fraction of sp³-hybridized carbons (Fsp3) is 0.227. The maximum atomic E-state index is 2.31. The van der Waals surface area contributed by atoms with E-state index in [9.17, 15) is 0 Å². The first-order valence-corrected chi connectivity index (χ1v) is 8.22. The number of rotatable bonds is 3. The quantitative estimate of drug-likeness (QED) is 0.580. The van der Waals surface area contributed by atoms with Crippen LogP contribution in [0.15, 0.2) is 66.9 Å². The number of aryl methyl sites for hydroxylation is 2. The van der Waals surface area contributed by atoms with Gasteiger partial charge in [0.15, 0.2) is 6.20 Å². The van der Waals surface area contributed by atoms with E-state index in [-0.39, 0.29) is 0 Å². The van der Waals surface area contributed by atoms with Gasteiger partial charge in [-0.05, 0) is 41.7 Å². The summed E-state index contributed by atoms with van der Waals surface area (Å²) in [7, 11) is 2.12. The normalized spacial score (nSPS) is 11.0. The number of benzene rings is 2. The fourth-order valence-electron chi connectivity index (χ4n) is 3.02. The molecular formula is C22H24N+. The first kappa shape index (κ1) is 15.5. The summed E-state index contributed by atoms with van der Waals surface area (Å²) in [4.78, 5) is 0. The van der Waals surface area contributed by atoms with Crippen molar-refractivity contribution in [1.82, 2.24) is 0 Å². The highest BCUT2D eigenvalue weighted by molar-refractivity contribution is 5.66. The Morgan fingerprint density at radius 2 is 1.57 bits per heavy atom. The molecule has 0 unspecified atom stereocenters. The van der Waals surface area contributed by atoms with Crippen LogP contribution in [0.2, 0.25) is 0 Å². The van der Waals surface area contributed by atoms with Gasteiger partial charge in [0.1, 0.15) is 7.05 Å². The molecule has 1 nitrogen and oxygen atoms in total. The van der Waals surface area contributed by atoms with Gasteiger partial charge in [-0.15, -0.1) is 0 Å². The molecule has 0 aliphatic heterocycles. The monoisotopic (exact) mass is 302 g/mol. The lowest BCUT2D eigenvalue weighted by Crippen LogP contribution is -2.30. The van der Waals surface area contributed by atoms with E-state index in [0.29, 0.717) is 5.92 Å².